The molecule has 0 spiro atoms. The van der Waals surface area contributed by atoms with Gasteiger partial charge in [0.05, 0.1) is 13.2 Å². The standard InChI is InChI=1S/C9H15N3O/c1-2-6-13-7-5-12-9(8-11)3-4-10/h3-4H,2,5-7,10H2,1H3. The van der Waals surface area contributed by atoms with Gasteiger partial charge in [0.1, 0.15) is 11.8 Å². The average molecular weight is 181 g/mol. The largest absolute Gasteiger partial charge is 0.405 e. The van der Waals surface area contributed by atoms with Crippen molar-refractivity contribution in [2.24, 2.45) is 10.7 Å². The molecule has 0 aliphatic heterocycles. The molecule has 0 aromatic carbocycles. The van der Waals surface area contributed by atoms with Crippen LogP contribution in [0.15, 0.2) is 17.3 Å². The zero-order valence-corrected chi connectivity index (χ0v) is 7.86. The molecule has 0 aromatic rings. The van der Waals surface area contributed by atoms with Gasteiger partial charge in [0, 0.05) is 6.61 Å². The van der Waals surface area contributed by atoms with Crippen LogP contribution in [0.3, 0.4) is 0 Å². The van der Waals surface area contributed by atoms with Gasteiger partial charge in [0.2, 0.25) is 0 Å². The summed E-state index contributed by atoms with van der Waals surface area (Å²) < 4.78 is 5.18. The van der Waals surface area contributed by atoms with Crippen LogP contribution in [-0.4, -0.2) is 25.5 Å². The first-order valence-corrected chi connectivity index (χ1v) is 4.25. The molecule has 0 heterocycles. The van der Waals surface area contributed by atoms with E-state index in [1.807, 2.05) is 13.0 Å². The van der Waals surface area contributed by atoms with Gasteiger partial charge in [0.15, 0.2) is 0 Å². The van der Waals surface area contributed by atoms with Gasteiger partial charge in [-0.3, -0.25) is 4.99 Å². The van der Waals surface area contributed by atoms with Crippen LogP contribution in [0.1, 0.15) is 13.3 Å². The lowest BCUT2D eigenvalue weighted by Crippen LogP contribution is -2.01. The highest BCUT2D eigenvalue weighted by molar-refractivity contribution is 6.07. The maximum atomic E-state index is 8.53. The van der Waals surface area contributed by atoms with Gasteiger partial charge in [-0.2, -0.15) is 5.26 Å². The third kappa shape index (κ3) is 7.04. The van der Waals surface area contributed by atoms with Crippen molar-refractivity contribution in [1.29, 1.82) is 5.26 Å². The lowest BCUT2D eigenvalue weighted by atomic mass is 10.4. The Morgan fingerprint density at radius 3 is 2.92 bits per heavy atom. The Labute approximate surface area is 78.7 Å². The number of nitrogens with zero attached hydrogens (tertiary/aromatic N) is 2. The van der Waals surface area contributed by atoms with E-state index in [0.717, 1.165) is 13.0 Å². The third-order valence-corrected chi connectivity index (χ3v) is 1.23. The molecule has 0 aliphatic carbocycles. The number of hydrogen-bond acceptors (Lipinski definition) is 4. The first-order valence-electron chi connectivity index (χ1n) is 4.25. The number of nitriles is 1. The Morgan fingerprint density at radius 2 is 2.38 bits per heavy atom. The van der Waals surface area contributed by atoms with Crippen LogP contribution in [0.5, 0.6) is 0 Å². The SMILES string of the molecule is CCCOCCN=C(C#N)C=CN. The maximum absolute atomic E-state index is 8.53. The Hall–Kier alpha value is -1.34. The minimum atomic E-state index is 0.336. The van der Waals surface area contributed by atoms with E-state index in [1.165, 1.54) is 12.3 Å². The van der Waals surface area contributed by atoms with Crippen LogP contribution in [-0.2, 0) is 4.74 Å². The van der Waals surface area contributed by atoms with E-state index in [-0.39, 0.29) is 0 Å². The number of ether oxygens (including phenoxy) is 1. The quantitative estimate of drug-likeness (QED) is 0.487. The summed E-state index contributed by atoms with van der Waals surface area (Å²) in [5.74, 6) is 0. The van der Waals surface area contributed by atoms with Crippen LogP contribution in [0, 0.1) is 11.3 Å². The van der Waals surface area contributed by atoms with Crippen molar-refractivity contribution in [3.63, 3.8) is 0 Å². The lowest BCUT2D eigenvalue weighted by molar-refractivity contribution is 0.142. The monoisotopic (exact) mass is 181 g/mol. The Kier molecular flexibility index (Phi) is 7.85. The van der Waals surface area contributed by atoms with E-state index in [0.29, 0.717) is 18.9 Å². The first-order chi connectivity index (χ1) is 6.35. The molecule has 0 fully saturated rings. The van der Waals surface area contributed by atoms with Crippen LogP contribution >= 0.6 is 0 Å². The van der Waals surface area contributed by atoms with Gasteiger partial charge in [-0.15, -0.1) is 0 Å². The van der Waals surface area contributed by atoms with E-state index < -0.39 is 0 Å². The van der Waals surface area contributed by atoms with Crippen molar-refractivity contribution in [2.75, 3.05) is 19.8 Å². The van der Waals surface area contributed by atoms with Crippen LogP contribution in [0.2, 0.25) is 0 Å². The van der Waals surface area contributed by atoms with E-state index in [2.05, 4.69) is 4.99 Å². The minimum absolute atomic E-state index is 0.336. The third-order valence-electron chi connectivity index (χ3n) is 1.23. The normalized spacial score (nSPS) is 11.8. The number of nitrogens with two attached hydrogens (primary N) is 1. The van der Waals surface area contributed by atoms with E-state index >= 15 is 0 Å². The molecular formula is C9H15N3O. The van der Waals surface area contributed by atoms with Crippen molar-refractivity contribution < 1.29 is 4.74 Å². The topological polar surface area (TPSA) is 71.4 Å². The second-order valence-electron chi connectivity index (χ2n) is 2.35. The van der Waals surface area contributed by atoms with Gasteiger partial charge in [-0.25, -0.2) is 0 Å². The second kappa shape index (κ2) is 8.75. The van der Waals surface area contributed by atoms with Gasteiger partial charge in [-0.05, 0) is 18.7 Å². The van der Waals surface area contributed by atoms with Crippen molar-refractivity contribution >= 4 is 5.71 Å². The number of aliphatic imine (C=N–C) groups is 1. The summed E-state index contributed by atoms with van der Waals surface area (Å²) in [6, 6.07) is 1.92. The number of rotatable bonds is 6. The molecule has 0 saturated heterocycles. The zero-order chi connectivity index (χ0) is 9.94. The fourth-order valence-electron chi connectivity index (χ4n) is 0.694. The molecular weight excluding hydrogens is 166 g/mol. The number of hydrogen-bond donors (Lipinski definition) is 1. The second-order valence-corrected chi connectivity index (χ2v) is 2.35. The number of allylic oxidation sites excluding steroid dienone is 1. The summed E-state index contributed by atoms with van der Waals surface area (Å²) in [7, 11) is 0. The fourth-order valence-corrected chi connectivity index (χ4v) is 0.694. The Bertz CT molecular complexity index is 215. The van der Waals surface area contributed by atoms with Crippen molar-refractivity contribution in [2.45, 2.75) is 13.3 Å². The summed E-state index contributed by atoms with van der Waals surface area (Å²) in [5.41, 5.74) is 5.45. The molecule has 2 N–H and O–H groups in total. The minimum Gasteiger partial charge on any atom is -0.405 e. The Balaban J connectivity index is 3.63. The zero-order valence-electron chi connectivity index (χ0n) is 7.86. The van der Waals surface area contributed by atoms with E-state index in [1.54, 1.807) is 0 Å². The molecule has 0 atom stereocenters. The molecule has 0 aliphatic rings. The van der Waals surface area contributed by atoms with Gasteiger partial charge in [-0.1, -0.05) is 6.92 Å². The van der Waals surface area contributed by atoms with Crippen molar-refractivity contribution in [3.8, 4) is 6.07 Å². The van der Waals surface area contributed by atoms with E-state index in [4.69, 9.17) is 15.7 Å². The average Bonchev–Trinajstić information content (AvgIpc) is 2.16. The molecule has 0 bridgehead atoms. The highest BCUT2D eigenvalue weighted by Crippen LogP contribution is 1.83. The highest BCUT2D eigenvalue weighted by atomic mass is 16.5. The smallest absolute Gasteiger partial charge is 0.136 e. The van der Waals surface area contributed by atoms with Crippen LogP contribution < -0.4 is 5.73 Å². The summed E-state index contributed by atoms with van der Waals surface area (Å²) in [5, 5.41) is 8.53. The van der Waals surface area contributed by atoms with E-state index in [9.17, 15) is 0 Å². The predicted molar refractivity (Wildman–Crippen MR) is 52.4 cm³/mol. The molecule has 0 aromatic heterocycles. The molecule has 4 nitrogen and oxygen atoms in total. The van der Waals surface area contributed by atoms with Gasteiger partial charge in [0.25, 0.3) is 0 Å². The predicted octanol–water partition coefficient (Wildman–Crippen LogP) is 0.850. The Morgan fingerprint density at radius 1 is 1.62 bits per heavy atom. The molecule has 0 radical (unpaired) electrons. The van der Waals surface area contributed by atoms with Crippen LogP contribution in [0.4, 0.5) is 0 Å². The lowest BCUT2D eigenvalue weighted by Gasteiger charge is -1.97. The maximum Gasteiger partial charge on any atom is 0.136 e. The molecule has 72 valence electrons. The molecule has 13 heavy (non-hydrogen) atoms. The molecule has 0 saturated carbocycles. The van der Waals surface area contributed by atoms with Crippen molar-refractivity contribution in [3.05, 3.63) is 12.3 Å². The molecule has 4 heteroatoms. The summed E-state index contributed by atoms with van der Waals surface area (Å²) >= 11 is 0. The van der Waals surface area contributed by atoms with Crippen LogP contribution in [0.25, 0.3) is 0 Å². The van der Waals surface area contributed by atoms with Gasteiger partial charge >= 0.3 is 0 Å². The fraction of sp³-hybridized carbons (Fsp3) is 0.556. The molecule has 0 unspecified atom stereocenters. The molecule has 0 rings (SSSR count). The highest BCUT2D eigenvalue weighted by Gasteiger charge is 1.89. The van der Waals surface area contributed by atoms with Crippen molar-refractivity contribution in [1.82, 2.24) is 0 Å². The summed E-state index contributed by atoms with van der Waals surface area (Å²) in [6.45, 7) is 3.84. The summed E-state index contributed by atoms with van der Waals surface area (Å²) in [6.07, 6.45) is 3.77. The first kappa shape index (κ1) is 11.7. The van der Waals surface area contributed by atoms with Gasteiger partial charge < -0.3 is 10.5 Å². The summed E-state index contributed by atoms with van der Waals surface area (Å²) in [4.78, 5) is 3.97. The molecule has 0 amide bonds.